The summed E-state index contributed by atoms with van der Waals surface area (Å²) in [6, 6.07) is 0. The average molecular weight is 995 g/mol. The maximum absolute atomic E-state index is 13.6. The quantitative estimate of drug-likeness (QED) is 0.0128. The molecule has 0 aliphatic heterocycles. The molecule has 0 radical (unpaired) electrons. The molecule has 0 fully saturated rings. The summed E-state index contributed by atoms with van der Waals surface area (Å²) in [6.07, 6.45) is 4.42. The molecule has 1 aromatic carbocycles. The number of hydrogen-bond acceptors (Lipinski definition) is 15. The minimum atomic E-state index is -2.35. The molecule has 0 unspecified atom stereocenters. The van der Waals surface area contributed by atoms with Crippen LogP contribution in [0.1, 0.15) is 32.1 Å². The van der Waals surface area contributed by atoms with Crippen LogP contribution in [-0.4, -0.2) is 182 Å². The highest BCUT2D eigenvalue weighted by molar-refractivity contribution is 14.1. The number of hydrogen-bond donors (Lipinski definition) is 0. The number of ether oxygens (including phenoxy) is 14. The molecule has 0 aliphatic rings. The van der Waals surface area contributed by atoms with Crippen molar-refractivity contribution in [1.82, 2.24) is 0 Å². The molecule has 0 heterocycles. The Labute approximate surface area is 363 Å². The van der Waals surface area contributed by atoms with E-state index in [4.69, 9.17) is 61.6 Å². The molecule has 21 heteroatoms. The number of esters is 1. The van der Waals surface area contributed by atoms with E-state index in [-0.39, 0.29) is 26.4 Å². The molecule has 0 aliphatic carbocycles. The smallest absolute Gasteiger partial charge is 0.313 e. The summed E-state index contributed by atoms with van der Waals surface area (Å²) in [7, 11) is 0. The van der Waals surface area contributed by atoms with Crippen molar-refractivity contribution in [3.63, 3.8) is 0 Å². The van der Waals surface area contributed by atoms with Crippen molar-refractivity contribution in [3.8, 4) is 5.75 Å². The third kappa shape index (κ3) is 33.2. The number of rotatable bonds is 46. The van der Waals surface area contributed by atoms with E-state index in [1.165, 1.54) is 23.7 Å². The van der Waals surface area contributed by atoms with E-state index in [0.29, 0.717) is 139 Å². The van der Waals surface area contributed by atoms with E-state index < -0.39 is 47.2 Å². The zero-order valence-corrected chi connectivity index (χ0v) is 36.7. The fourth-order valence-corrected chi connectivity index (χ4v) is 4.93. The lowest BCUT2D eigenvalue weighted by atomic mass is 10.2. The maximum Gasteiger partial charge on any atom is 0.313 e. The summed E-state index contributed by atoms with van der Waals surface area (Å²) in [5.74, 6) is -14.1. The summed E-state index contributed by atoms with van der Waals surface area (Å²) in [6.45, 7) is 10.8. The van der Waals surface area contributed by atoms with Crippen LogP contribution in [0.15, 0.2) is 0 Å². The Kier molecular flexibility index (Phi) is 40.4. The summed E-state index contributed by atoms with van der Waals surface area (Å²) >= 11 is 2.41. The predicted octanol–water partition coefficient (Wildman–Crippen LogP) is 4.89. The lowest BCUT2D eigenvalue weighted by molar-refractivity contribution is -0.136. The first-order valence-electron chi connectivity index (χ1n) is 20.2. The maximum atomic E-state index is 13.6. The highest BCUT2D eigenvalue weighted by Crippen LogP contribution is 2.29. The van der Waals surface area contributed by atoms with Gasteiger partial charge in [-0.1, -0.05) is 35.4 Å². The first kappa shape index (κ1) is 56.6. The van der Waals surface area contributed by atoms with Crippen LogP contribution in [0, 0.1) is 29.1 Å². The van der Waals surface area contributed by atoms with Gasteiger partial charge in [0.2, 0.25) is 34.8 Å². The van der Waals surface area contributed by atoms with Crippen LogP contribution in [-0.2, 0) is 66.4 Å². The zero-order chi connectivity index (χ0) is 43.6. The second-order valence-electron chi connectivity index (χ2n) is 12.2. The molecular formula is C39H64F5IO15. The monoisotopic (exact) mass is 994 g/mol. The number of halogens is 6. The van der Waals surface area contributed by atoms with E-state index in [0.717, 1.165) is 13.0 Å². The topological polar surface area (TPSA) is 146 Å². The molecule has 0 N–H and O–H groups in total. The van der Waals surface area contributed by atoms with Crippen molar-refractivity contribution < 1.29 is 93.1 Å². The third-order valence-corrected chi connectivity index (χ3v) is 8.24. The molecule has 1 aromatic rings. The second kappa shape index (κ2) is 42.8. The third-order valence-electron chi connectivity index (χ3n) is 7.47. The summed E-state index contributed by atoms with van der Waals surface area (Å²) in [5, 5.41) is 0. The molecule has 0 bridgehead atoms. The van der Waals surface area contributed by atoms with Crippen molar-refractivity contribution >= 4 is 28.6 Å². The van der Waals surface area contributed by atoms with Crippen LogP contribution in [0.25, 0.3) is 0 Å². The zero-order valence-electron chi connectivity index (χ0n) is 34.5. The molecule has 1 rings (SSSR count). The molecule has 60 heavy (non-hydrogen) atoms. The number of carbonyl (C=O) groups is 1. The van der Waals surface area contributed by atoms with E-state index in [9.17, 15) is 26.7 Å². The first-order chi connectivity index (χ1) is 29.4. The SMILES string of the molecule is O=C(CCOCCOCCOCCOCCOCCOCCOCCOCCOCCOCCOCCOCCOCCCCCCI)Oc1c(F)c(F)c(F)c(F)c1F. The number of unbranched alkanes of at least 4 members (excludes halogenated alkanes) is 3. The van der Waals surface area contributed by atoms with E-state index in [1.807, 2.05) is 0 Å². The van der Waals surface area contributed by atoms with Crippen molar-refractivity contribution in [1.29, 1.82) is 0 Å². The van der Waals surface area contributed by atoms with Gasteiger partial charge in [0, 0.05) is 6.61 Å². The van der Waals surface area contributed by atoms with Gasteiger partial charge in [-0.05, 0) is 17.3 Å². The van der Waals surface area contributed by atoms with E-state index in [1.54, 1.807) is 0 Å². The number of benzene rings is 1. The summed E-state index contributed by atoms with van der Waals surface area (Å²) in [5.41, 5.74) is 0. The van der Waals surface area contributed by atoms with Crippen LogP contribution in [0.3, 0.4) is 0 Å². The predicted molar refractivity (Wildman–Crippen MR) is 214 cm³/mol. The van der Waals surface area contributed by atoms with Crippen LogP contribution in [0.4, 0.5) is 22.0 Å². The van der Waals surface area contributed by atoms with Gasteiger partial charge < -0.3 is 66.3 Å². The van der Waals surface area contributed by atoms with Gasteiger partial charge in [-0.25, -0.2) is 13.2 Å². The van der Waals surface area contributed by atoms with Crippen LogP contribution < -0.4 is 4.74 Å². The van der Waals surface area contributed by atoms with E-state index in [2.05, 4.69) is 27.3 Å². The lowest BCUT2D eigenvalue weighted by Gasteiger charge is -2.09. The Hall–Kier alpha value is -1.45. The molecule has 15 nitrogen and oxygen atoms in total. The van der Waals surface area contributed by atoms with Crippen LogP contribution >= 0.6 is 22.6 Å². The fourth-order valence-electron chi connectivity index (χ4n) is 4.39. The van der Waals surface area contributed by atoms with Gasteiger partial charge >= 0.3 is 5.97 Å². The van der Waals surface area contributed by atoms with Gasteiger partial charge in [0.1, 0.15) is 0 Å². The van der Waals surface area contributed by atoms with Gasteiger partial charge in [-0.2, -0.15) is 8.78 Å². The van der Waals surface area contributed by atoms with Gasteiger partial charge in [0.25, 0.3) is 0 Å². The summed E-state index contributed by atoms with van der Waals surface area (Å²) < 4.78 is 143. The Balaban J connectivity index is 1.69. The van der Waals surface area contributed by atoms with Crippen molar-refractivity contribution in [2.75, 3.05) is 176 Å². The molecule has 0 spiro atoms. The molecular weight excluding hydrogens is 930 g/mol. The Bertz CT molecular complexity index is 1120. The Morgan fingerprint density at radius 3 is 0.833 bits per heavy atom. The summed E-state index contributed by atoms with van der Waals surface area (Å²) in [4.78, 5) is 11.7. The second-order valence-corrected chi connectivity index (χ2v) is 13.3. The van der Waals surface area contributed by atoms with Crippen LogP contribution in [0.2, 0.25) is 0 Å². The molecule has 352 valence electrons. The van der Waals surface area contributed by atoms with Crippen molar-refractivity contribution in [3.05, 3.63) is 29.1 Å². The van der Waals surface area contributed by atoms with Crippen molar-refractivity contribution in [2.24, 2.45) is 0 Å². The highest BCUT2D eigenvalue weighted by atomic mass is 127. The van der Waals surface area contributed by atoms with E-state index >= 15 is 0 Å². The van der Waals surface area contributed by atoms with Gasteiger partial charge in [0.15, 0.2) is 0 Å². The average Bonchev–Trinajstić information content (AvgIpc) is 3.25. The molecule has 0 atom stereocenters. The van der Waals surface area contributed by atoms with Gasteiger partial charge in [-0.3, -0.25) is 4.79 Å². The van der Waals surface area contributed by atoms with Crippen LogP contribution in [0.5, 0.6) is 5.75 Å². The van der Waals surface area contributed by atoms with Gasteiger partial charge in [-0.15, -0.1) is 0 Å². The number of alkyl halides is 1. The molecule has 0 saturated carbocycles. The minimum absolute atomic E-state index is 0.0783. The first-order valence-corrected chi connectivity index (χ1v) is 21.7. The lowest BCUT2D eigenvalue weighted by Crippen LogP contribution is -2.16. The molecule has 0 amide bonds. The van der Waals surface area contributed by atoms with Gasteiger partial charge in [0.05, 0.1) is 172 Å². The standard InChI is InChI=1S/C39H64F5IO15/c40-34-35(41)37(43)39(38(44)36(34)42)60-33(46)5-8-48-10-12-50-14-16-52-18-20-54-22-24-56-26-28-58-30-32-59-31-29-57-27-25-55-23-21-53-19-17-51-15-13-49-11-9-47-7-4-2-1-3-6-45/h1-32H2. The van der Waals surface area contributed by atoms with Crippen molar-refractivity contribution in [2.45, 2.75) is 32.1 Å². The largest absolute Gasteiger partial charge is 0.420 e. The Morgan fingerprint density at radius 1 is 0.317 bits per heavy atom. The fraction of sp³-hybridized carbons (Fsp3) is 0.821. The Morgan fingerprint density at radius 2 is 0.550 bits per heavy atom. The molecule has 0 saturated heterocycles. The molecule has 0 aromatic heterocycles. The minimum Gasteiger partial charge on any atom is -0.420 e. The normalized spacial score (nSPS) is 11.6. The number of carbonyl (C=O) groups excluding carboxylic acids is 1. The highest BCUT2D eigenvalue weighted by Gasteiger charge is 2.28.